The zero-order chi connectivity index (χ0) is 14.7. The molecule has 1 heterocycles. The molecule has 6 heteroatoms. The Morgan fingerprint density at radius 2 is 1.76 bits per heavy atom. The molecule has 104 valence electrons. The maximum Gasteiger partial charge on any atom is 0.255 e. The number of benzene rings is 2. The molecule has 3 aromatic rings. The zero-order valence-electron chi connectivity index (χ0n) is 11.0. The van der Waals surface area contributed by atoms with E-state index in [4.69, 9.17) is 0 Å². The van der Waals surface area contributed by atoms with E-state index in [0.29, 0.717) is 10.7 Å². The van der Waals surface area contributed by atoms with Gasteiger partial charge >= 0.3 is 0 Å². The van der Waals surface area contributed by atoms with Crippen molar-refractivity contribution in [2.24, 2.45) is 0 Å². The standard InChI is InChI=1S/C15H12N4OS/c20-14(17-12-4-2-1-3-5-12)11-6-8-13(9-7-11)19-10-16-18-15(19)21/h1-10H,(H,17,20)(H,18,21). The topological polar surface area (TPSA) is 59.8 Å². The van der Waals surface area contributed by atoms with E-state index in [1.165, 1.54) is 0 Å². The number of hydrogen-bond acceptors (Lipinski definition) is 4. The molecule has 0 saturated carbocycles. The van der Waals surface area contributed by atoms with Gasteiger partial charge in [0, 0.05) is 16.9 Å². The van der Waals surface area contributed by atoms with Gasteiger partial charge in [0.05, 0.1) is 0 Å². The van der Waals surface area contributed by atoms with Crippen LogP contribution in [-0.2, 0) is 0 Å². The Bertz CT molecular complexity index is 753. The van der Waals surface area contributed by atoms with Gasteiger partial charge in [-0.25, -0.2) is 0 Å². The molecule has 0 saturated heterocycles. The number of thiol groups is 1. The number of carbonyl (C=O) groups is 1. The highest BCUT2D eigenvalue weighted by atomic mass is 32.1. The Morgan fingerprint density at radius 1 is 1.05 bits per heavy atom. The molecule has 0 spiro atoms. The van der Waals surface area contributed by atoms with Gasteiger partial charge in [0.15, 0.2) is 5.16 Å². The monoisotopic (exact) mass is 296 g/mol. The van der Waals surface area contributed by atoms with Crippen molar-refractivity contribution in [3.05, 3.63) is 66.5 Å². The van der Waals surface area contributed by atoms with Crippen molar-refractivity contribution in [3.63, 3.8) is 0 Å². The number of carbonyl (C=O) groups excluding carboxylic acids is 1. The second kappa shape index (κ2) is 5.80. The Kier molecular flexibility index (Phi) is 3.70. The largest absolute Gasteiger partial charge is 0.322 e. The minimum atomic E-state index is -0.150. The van der Waals surface area contributed by atoms with Crippen LogP contribution in [-0.4, -0.2) is 20.7 Å². The van der Waals surface area contributed by atoms with Gasteiger partial charge in [0.25, 0.3) is 5.91 Å². The van der Waals surface area contributed by atoms with E-state index in [2.05, 4.69) is 28.1 Å². The van der Waals surface area contributed by atoms with Gasteiger partial charge in [-0.15, -0.1) is 22.8 Å². The molecular formula is C15H12N4OS. The molecule has 21 heavy (non-hydrogen) atoms. The second-order valence-corrected chi connectivity index (χ2v) is 4.77. The summed E-state index contributed by atoms with van der Waals surface area (Å²) in [5, 5.41) is 10.9. The van der Waals surface area contributed by atoms with E-state index in [-0.39, 0.29) is 5.91 Å². The van der Waals surface area contributed by atoms with Crippen LogP contribution in [0.5, 0.6) is 0 Å². The van der Waals surface area contributed by atoms with Gasteiger partial charge in [-0.05, 0) is 36.4 Å². The van der Waals surface area contributed by atoms with E-state index < -0.39 is 0 Å². The van der Waals surface area contributed by atoms with E-state index in [0.717, 1.165) is 11.4 Å². The summed E-state index contributed by atoms with van der Waals surface area (Å²) >= 11 is 4.20. The average molecular weight is 296 g/mol. The van der Waals surface area contributed by atoms with Gasteiger partial charge < -0.3 is 5.32 Å². The fourth-order valence-corrected chi connectivity index (χ4v) is 2.13. The molecule has 0 aliphatic heterocycles. The van der Waals surface area contributed by atoms with Crippen LogP contribution in [0.1, 0.15) is 10.4 Å². The SMILES string of the molecule is O=C(Nc1ccccc1)c1ccc(-n2cnnc2S)cc1. The smallest absolute Gasteiger partial charge is 0.255 e. The number of rotatable bonds is 3. The normalized spacial score (nSPS) is 10.3. The van der Waals surface area contributed by atoms with Crippen LogP contribution >= 0.6 is 12.6 Å². The third kappa shape index (κ3) is 2.95. The molecule has 0 fully saturated rings. The summed E-state index contributed by atoms with van der Waals surface area (Å²) in [5.41, 5.74) is 2.20. The molecule has 0 aliphatic rings. The fraction of sp³-hybridized carbons (Fsp3) is 0. The Hall–Kier alpha value is -2.60. The van der Waals surface area contributed by atoms with Crippen LogP contribution in [0, 0.1) is 0 Å². The lowest BCUT2D eigenvalue weighted by atomic mass is 10.2. The lowest BCUT2D eigenvalue weighted by molar-refractivity contribution is 0.102. The molecule has 0 atom stereocenters. The van der Waals surface area contributed by atoms with E-state index >= 15 is 0 Å². The predicted octanol–water partition coefficient (Wildman–Crippen LogP) is 2.81. The summed E-state index contributed by atoms with van der Waals surface area (Å²) < 4.78 is 1.72. The number of aromatic nitrogens is 3. The van der Waals surface area contributed by atoms with Crippen molar-refractivity contribution in [1.29, 1.82) is 0 Å². The van der Waals surface area contributed by atoms with Gasteiger partial charge in [-0.2, -0.15) is 0 Å². The van der Waals surface area contributed by atoms with Crippen LogP contribution in [0.15, 0.2) is 66.1 Å². The maximum absolute atomic E-state index is 12.1. The molecule has 2 aromatic carbocycles. The number of nitrogens with one attached hydrogen (secondary N) is 1. The predicted molar refractivity (Wildman–Crippen MR) is 83.0 cm³/mol. The lowest BCUT2D eigenvalue weighted by Crippen LogP contribution is -2.11. The van der Waals surface area contributed by atoms with Gasteiger partial charge in [0.2, 0.25) is 0 Å². The van der Waals surface area contributed by atoms with Crippen molar-refractivity contribution < 1.29 is 4.79 Å². The summed E-state index contributed by atoms with van der Waals surface area (Å²) in [4.78, 5) is 12.1. The van der Waals surface area contributed by atoms with E-state index in [1.807, 2.05) is 42.5 Å². The zero-order valence-corrected chi connectivity index (χ0v) is 11.9. The highest BCUT2D eigenvalue weighted by Crippen LogP contribution is 2.14. The number of nitrogens with zero attached hydrogens (tertiary/aromatic N) is 3. The van der Waals surface area contributed by atoms with Crippen molar-refractivity contribution in [2.75, 3.05) is 5.32 Å². The van der Waals surface area contributed by atoms with Crippen molar-refractivity contribution in [1.82, 2.24) is 14.8 Å². The van der Waals surface area contributed by atoms with Crippen molar-refractivity contribution in [3.8, 4) is 5.69 Å². The summed E-state index contributed by atoms with van der Waals surface area (Å²) in [6, 6.07) is 16.5. The maximum atomic E-state index is 12.1. The van der Waals surface area contributed by atoms with Crippen LogP contribution in [0.3, 0.4) is 0 Å². The number of para-hydroxylation sites is 1. The lowest BCUT2D eigenvalue weighted by Gasteiger charge is -2.07. The van der Waals surface area contributed by atoms with Crippen LogP contribution in [0.4, 0.5) is 5.69 Å². The fourth-order valence-electron chi connectivity index (χ4n) is 1.91. The van der Waals surface area contributed by atoms with Crippen LogP contribution in [0.2, 0.25) is 0 Å². The Labute approximate surface area is 127 Å². The summed E-state index contributed by atoms with van der Waals surface area (Å²) in [6.07, 6.45) is 1.57. The first-order chi connectivity index (χ1) is 10.2. The molecule has 0 bridgehead atoms. The van der Waals surface area contributed by atoms with Gasteiger partial charge in [-0.1, -0.05) is 18.2 Å². The molecule has 3 rings (SSSR count). The molecular weight excluding hydrogens is 284 g/mol. The third-order valence-electron chi connectivity index (χ3n) is 2.97. The van der Waals surface area contributed by atoms with Crippen molar-refractivity contribution in [2.45, 2.75) is 5.16 Å². The highest BCUT2D eigenvalue weighted by Gasteiger charge is 2.07. The first-order valence-electron chi connectivity index (χ1n) is 6.30. The average Bonchev–Trinajstić information content (AvgIpc) is 2.94. The quantitative estimate of drug-likeness (QED) is 0.731. The van der Waals surface area contributed by atoms with Crippen LogP contribution in [0.25, 0.3) is 5.69 Å². The summed E-state index contributed by atoms with van der Waals surface area (Å²) in [6.45, 7) is 0. The first-order valence-corrected chi connectivity index (χ1v) is 6.74. The van der Waals surface area contributed by atoms with E-state index in [1.54, 1.807) is 23.0 Å². The molecule has 1 aromatic heterocycles. The number of anilines is 1. The second-order valence-electron chi connectivity index (χ2n) is 4.37. The Balaban J connectivity index is 1.78. The molecule has 0 radical (unpaired) electrons. The minimum absolute atomic E-state index is 0.150. The molecule has 0 aliphatic carbocycles. The summed E-state index contributed by atoms with van der Waals surface area (Å²) in [5.74, 6) is -0.150. The number of hydrogen-bond donors (Lipinski definition) is 2. The number of amides is 1. The van der Waals surface area contributed by atoms with Gasteiger partial charge in [0.1, 0.15) is 6.33 Å². The van der Waals surface area contributed by atoms with Crippen LogP contribution < -0.4 is 5.32 Å². The summed E-state index contributed by atoms with van der Waals surface area (Å²) in [7, 11) is 0. The minimum Gasteiger partial charge on any atom is -0.322 e. The van der Waals surface area contributed by atoms with Crippen molar-refractivity contribution >= 4 is 24.2 Å². The van der Waals surface area contributed by atoms with E-state index in [9.17, 15) is 4.79 Å². The molecule has 1 amide bonds. The third-order valence-corrected chi connectivity index (χ3v) is 3.27. The molecule has 1 N–H and O–H groups in total. The first kappa shape index (κ1) is 13.4. The molecule has 0 unspecified atom stereocenters. The molecule has 5 nitrogen and oxygen atoms in total. The van der Waals surface area contributed by atoms with Gasteiger partial charge in [-0.3, -0.25) is 9.36 Å². The highest BCUT2D eigenvalue weighted by molar-refractivity contribution is 7.80. The Morgan fingerprint density at radius 3 is 2.38 bits per heavy atom.